The molecule has 1 amide bonds. The molecule has 3 heteroatoms. The van der Waals surface area contributed by atoms with Gasteiger partial charge >= 0.3 is 0 Å². The summed E-state index contributed by atoms with van der Waals surface area (Å²) in [7, 11) is 0. The zero-order valence-electron chi connectivity index (χ0n) is 13.2. The first-order valence-electron chi connectivity index (χ1n) is 8.21. The average Bonchev–Trinajstić information content (AvgIpc) is 3.28. The van der Waals surface area contributed by atoms with Gasteiger partial charge in [0.2, 0.25) is 5.91 Å². The number of rotatable bonds is 4. The van der Waals surface area contributed by atoms with E-state index in [0.717, 1.165) is 39.1 Å². The molecule has 1 heterocycles. The minimum absolute atomic E-state index is 0.240. The van der Waals surface area contributed by atoms with E-state index >= 15 is 0 Å². The number of carbonyl (C=O) groups excluding carboxylic acids is 1. The lowest BCUT2D eigenvalue weighted by atomic mass is 10.1. The number of carbonyl (C=O) groups is 1. The molecule has 0 N–H and O–H groups in total. The zero-order chi connectivity index (χ0) is 14.8. The Morgan fingerprint density at radius 1 is 1.14 bits per heavy atom. The topological polar surface area (TPSA) is 23.6 Å². The minimum atomic E-state index is 0.240. The smallest absolute Gasteiger partial charge is 0.226 e. The lowest BCUT2D eigenvalue weighted by molar-refractivity contribution is -0.134. The van der Waals surface area contributed by atoms with Gasteiger partial charge in [-0.2, -0.15) is 0 Å². The fourth-order valence-corrected chi connectivity index (χ4v) is 3.44. The van der Waals surface area contributed by atoms with Crippen molar-refractivity contribution in [3.63, 3.8) is 0 Å². The fraction of sp³-hybridized carbons (Fsp3) is 0.611. The van der Waals surface area contributed by atoms with Crippen LogP contribution >= 0.6 is 0 Å². The summed E-state index contributed by atoms with van der Waals surface area (Å²) in [5.41, 5.74) is 1.33. The van der Waals surface area contributed by atoms with E-state index < -0.39 is 0 Å². The molecule has 0 radical (unpaired) electrons. The third-order valence-corrected chi connectivity index (χ3v) is 4.64. The first-order chi connectivity index (χ1) is 10.1. The molecule has 0 unspecified atom stereocenters. The van der Waals surface area contributed by atoms with Crippen molar-refractivity contribution in [3.05, 3.63) is 35.9 Å². The van der Waals surface area contributed by atoms with Gasteiger partial charge in [0, 0.05) is 38.6 Å². The van der Waals surface area contributed by atoms with Gasteiger partial charge in [-0.05, 0) is 23.8 Å². The van der Waals surface area contributed by atoms with Gasteiger partial charge in [0.05, 0.1) is 0 Å². The van der Waals surface area contributed by atoms with Crippen LogP contribution in [0.2, 0.25) is 0 Å². The van der Waals surface area contributed by atoms with Crippen molar-refractivity contribution < 1.29 is 4.79 Å². The molecular formula is C18H26N2O. The molecule has 2 atom stereocenters. The molecule has 0 spiro atoms. The fourth-order valence-electron chi connectivity index (χ4n) is 3.44. The van der Waals surface area contributed by atoms with E-state index in [1.54, 1.807) is 0 Å². The molecule has 114 valence electrons. The van der Waals surface area contributed by atoms with E-state index in [4.69, 9.17) is 0 Å². The highest BCUT2D eigenvalue weighted by Crippen LogP contribution is 2.48. The van der Waals surface area contributed by atoms with E-state index in [-0.39, 0.29) is 5.92 Å². The van der Waals surface area contributed by atoms with Crippen molar-refractivity contribution in [2.75, 3.05) is 32.7 Å². The lowest BCUT2D eigenvalue weighted by Gasteiger charge is -2.35. The molecular weight excluding hydrogens is 260 g/mol. The summed E-state index contributed by atoms with van der Waals surface area (Å²) in [6, 6.07) is 10.5. The van der Waals surface area contributed by atoms with E-state index in [2.05, 4.69) is 47.9 Å². The number of benzene rings is 1. The zero-order valence-corrected chi connectivity index (χ0v) is 13.2. The van der Waals surface area contributed by atoms with Crippen LogP contribution in [0, 0.1) is 11.8 Å². The Balaban J connectivity index is 1.50. The van der Waals surface area contributed by atoms with Gasteiger partial charge in [-0.15, -0.1) is 0 Å². The van der Waals surface area contributed by atoms with Crippen LogP contribution in [0.3, 0.4) is 0 Å². The molecule has 1 saturated carbocycles. The normalized spacial score (nSPS) is 26.1. The average molecular weight is 286 g/mol. The van der Waals surface area contributed by atoms with Crippen LogP contribution in [0.25, 0.3) is 0 Å². The monoisotopic (exact) mass is 286 g/mol. The Bertz CT molecular complexity index is 477. The molecule has 2 fully saturated rings. The Morgan fingerprint density at radius 3 is 2.43 bits per heavy atom. The SMILES string of the molecule is CC(C)CN1CCN(C(=O)[C@@H]2C[C@H]2c2ccccc2)CC1. The number of nitrogens with zero attached hydrogens (tertiary/aromatic N) is 2. The molecule has 0 bridgehead atoms. The van der Waals surface area contributed by atoms with E-state index in [1.807, 2.05) is 6.07 Å². The Morgan fingerprint density at radius 2 is 1.81 bits per heavy atom. The van der Waals surface area contributed by atoms with Crippen LogP contribution in [-0.4, -0.2) is 48.4 Å². The highest BCUT2D eigenvalue weighted by Gasteiger charge is 2.45. The van der Waals surface area contributed by atoms with Crippen molar-refractivity contribution in [2.45, 2.75) is 26.2 Å². The van der Waals surface area contributed by atoms with Crippen molar-refractivity contribution in [3.8, 4) is 0 Å². The van der Waals surface area contributed by atoms with Crippen molar-refractivity contribution in [1.82, 2.24) is 9.80 Å². The van der Waals surface area contributed by atoms with Crippen LogP contribution in [0.1, 0.15) is 31.7 Å². The summed E-state index contributed by atoms with van der Waals surface area (Å²) >= 11 is 0. The van der Waals surface area contributed by atoms with Crippen LogP contribution in [0.15, 0.2) is 30.3 Å². The molecule has 1 aromatic rings. The summed E-state index contributed by atoms with van der Waals surface area (Å²) in [5, 5.41) is 0. The van der Waals surface area contributed by atoms with Gasteiger partial charge < -0.3 is 4.90 Å². The standard InChI is InChI=1S/C18H26N2O/c1-14(2)13-19-8-10-20(11-9-19)18(21)17-12-16(17)15-6-4-3-5-7-15/h3-7,14,16-17H,8-13H2,1-2H3/t16-,17+/m0/s1. The van der Waals surface area contributed by atoms with E-state index in [9.17, 15) is 4.79 Å². The second kappa shape index (κ2) is 6.18. The first kappa shape index (κ1) is 14.6. The Kier molecular flexibility index (Phi) is 4.29. The maximum atomic E-state index is 12.6. The first-order valence-corrected chi connectivity index (χ1v) is 8.21. The van der Waals surface area contributed by atoms with E-state index in [0.29, 0.717) is 17.7 Å². The van der Waals surface area contributed by atoms with E-state index in [1.165, 1.54) is 5.56 Å². The van der Waals surface area contributed by atoms with Gasteiger partial charge in [-0.3, -0.25) is 9.69 Å². The van der Waals surface area contributed by atoms with Gasteiger partial charge in [0.1, 0.15) is 0 Å². The summed E-state index contributed by atoms with van der Waals surface area (Å²) in [6.45, 7) is 9.54. The highest BCUT2D eigenvalue weighted by molar-refractivity contribution is 5.83. The molecule has 1 saturated heterocycles. The lowest BCUT2D eigenvalue weighted by Crippen LogP contribution is -2.50. The molecule has 21 heavy (non-hydrogen) atoms. The number of amides is 1. The molecule has 3 nitrogen and oxygen atoms in total. The van der Waals surface area contributed by atoms with Gasteiger partial charge in [0.15, 0.2) is 0 Å². The second-order valence-corrected chi connectivity index (χ2v) is 6.88. The molecule has 1 aliphatic carbocycles. The predicted octanol–water partition coefficient (Wildman–Crippen LogP) is 2.59. The number of hydrogen-bond donors (Lipinski definition) is 0. The van der Waals surface area contributed by atoms with Crippen LogP contribution in [-0.2, 0) is 4.79 Å². The summed E-state index contributed by atoms with van der Waals surface area (Å²) in [6.07, 6.45) is 1.04. The van der Waals surface area contributed by atoms with Crippen LogP contribution in [0.4, 0.5) is 0 Å². The second-order valence-electron chi connectivity index (χ2n) is 6.88. The highest BCUT2D eigenvalue weighted by atomic mass is 16.2. The van der Waals surface area contributed by atoms with Crippen LogP contribution < -0.4 is 0 Å². The summed E-state index contributed by atoms with van der Waals surface area (Å²) in [4.78, 5) is 17.2. The number of piperazine rings is 1. The van der Waals surface area contributed by atoms with Gasteiger partial charge in [-0.25, -0.2) is 0 Å². The number of hydrogen-bond acceptors (Lipinski definition) is 2. The molecule has 3 rings (SSSR count). The van der Waals surface area contributed by atoms with Crippen LogP contribution in [0.5, 0.6) is 0 Å². The maximum Gasteiger partial charge on any atom is 0.226 e. The minimum Gasteiger partial charge on any atom is -0.340 e. The molecule has 0 aromatic heterocycles. The third-order valence-electron chi connectivity index (χ3n) is 4.64. The maximum absolute atomic E-state index is 12.6. The van der Waals surface area contributed by atoms with Crippen molar-refractivity contribution in [1.29, 1.82) is 0 Å². The Labute approximate surface area is 127 Å². The summed E-state index contributed by atoms with van der Waals surface area (Å²) in [5.74, 6) is 1.79. The van der Waals surface area contributed by atoms with Crippen molar-refractivity contribution in [2.24, 2.45) is 11.8 Å². The third kappa shape index (κ3) is 3.46. The van der Waals surface area contributed by atoms with Gasteiger partial charge in [-0.1, -0.05) is 44.2 Å². The van der Waals surface area contributed by atoms with Gasteiger partial charge in [0.25, 0.3) is 0 Å². The predicted molar refractivity (Wildman–Crippen MR) is 85.1 cm³/mol. The van der Waals surface area contributed by atoms with Crippen molar-refractivity contribution >= 4 is 5.91 Å². The molecule has 1 aromatic carbocycles. The largest absolute Gasteiger partial charge is 0.340 e. The Hall–Kier alpha value is -1.35. The molecule has 1 aliphatic heterocycles. The summed E-state index contributed by atoms with van der Waals surface area (Å²) < 4.78 is 0. The molecule has 2 aliphatic rings. The quantitative estimate of drug-likeness (QED) is 0.849.